The van der Waals surface area contributed by atoms with Gasteiger partial charge in [0, 0.05) is 17.5 Å². The molecule has 0 radical (unpaired) electrons. The van der Waals surface area contributed by atoms with Crippen LogP contribution in [0.3, 0.4) is 0 Å². The van der Waals surface area contributed by atoms with Crippen LogP contribution in [0.5, 0.6) is 0 Å². The Morgan fingerprint density at radius 3 is 3.00 bits per heavy atom. The van der Waals surface area contributed by atoms with Crippen molar-refractivity contribution in [3.05, 3.63) is 53.9 Å². The van der Waals surface area contributed by atoms with Crippen LogP contribution in [-0.2, 0) is 0 Å². The summed E-state index contributed by atoms with van der Waals surface area (Å²) in [4.78, 5) is 16.3. The van der Waals surface area contributed by atoms with Gasteiger partial charge in [-0.1, -0.05) is 31.2 Å². The number of hydrogen-bond donors (Lipinski definition) is 0. The normalized spacial score (nSPS) is 17.6. The third-order valence-electron chi connectivity index (χ3n) is 4.05. The third-order valence-corrected chi connectivity index (χ3v) is 4.05. The second-order valence-electron chi connectivity index (χ2n) is 5.34. The van der Waals surface area contributed by atoms with Gasteiger partial charge < -0.3 is 4.42 Å². The van der Waals surface area contributed by atoms with Gasteiger partial charge in [0.25, 0.3) is 0 Å². The van der Waals surface area contributed by atoms with E-state index < -0.39 is 0 Å². The van der Waals surface area contributed by atoms with Crippen molar-refractivity contribution in [3.63, 3.8) is 0 Å². The van der Waals surface area contributed by atoms with E-state index in [0.717, 1.165) is 33.4 Å². The molecule has 3 aromatic rings. The van der Waals surface area contributed by atoms with Crippen molar-refractivity contribution in [1.82, 2.24) is 4.98 Å². The Morgan fingerprint density at radius 1 is 1.20 bits per heavy atom. The van der Waals surface area contributed by atoms with Gasteiger partial charge in [0.15, 0.2) is 17.8 Å². The summed E-state index contributed by atoms with van der Waals surface area (Å²) in [7, 11) is 0. The van der Waals surface area contributed by atoms with Crippen molar-refractivity contribution in [2.75, 3.05) is 0 Å². The van der Waals surface area contributed by atoms with Crippen LogP contribution in [0.15, 0.2) is 47.2 Å². The van der Waals surface area contributed by atoms with E-state index in [2.05, 4.69) is 24.0 Å². The number of fused-ring (bicyclic) bond motifs is 2. The van der Waals surface area contributed by atoms with Crippen LogP contribution < -0.4 is 0 Å². The molecule has 98 valence electrons. The van der Waals surface area contributed by atoms with Gasteiger partial charge >= 0.3 is 0 Å². The first-order chi connectivity index (χ1) is 9.74. The van der Waals surface area contributed by atoms with Crippen LogP contribution in [0.25, 0.3) is 22.2 Å². The van der Waals surface area contributed by atoms with Crippen LogP contribution in [0.2, 0.25) is 0 Å². The molecule has 0 saturated heterocycles. The molecule has 1 atom stereocenters. The Morgan fingerprint density at radius 2 is 2.10 bits per heavy atom. The molecule has 1 aliphatic carbocycles. The summed E-state index contributed by atoms with van der Waals surface area (Å²) in [5, 5.41) is 0. The predicted octanol–water partition coefficient (Wildman–Crippen LogP) is 4.18. The lowest BCUT2D eigenvalue weighted by atomic mass is 9.97. The highest BCUT2D eigenvalue weighted by atomic mass is 16.3. The standard InChI is InChI=1S/C17H13NO2/c1-10-7-15(19)14-8-11(5-6-12(10)14)13-3-2-4-16-17(13)18-9-20-16/h2-6,8-10H,7H2,1H3. The molecule has 0 saturated carbocycles. The molecule has 1 aromatic heterocycles. The highest BCUT2D eigenvalue weighted by Crippen LogP contribution is 2.36. The summed E-state index contributed by atoms with van der Waals surface area (Å²) in [5.74, 6) is 0.566. The first kappa shape index (κ1) is 11.4. The van der Waals surface area contributed by atoms with E-state index in [1.54, 1.807) is 0 Å². The summed E-state index contributed by atoms with van der Waals surface area (Å²) in [5.41, 5.74) is 5.65. The fraction of sp³-hybridized carbons (Fsp3) is 0.176. The van der Waals surface area contributed by atoms with Crippen molar-refractivity contribution in [2.24, 2.45) is 0 Å². The predicted molar refractivity (Wildman–Crippen MR) is 76.8 cm³/mol. The van der Waals surface area contributed by atoms with E-state index in [1.165, 1.54) is 6.39 Å². The summed E-state index contributed by atoms with van der Waals surface area (Å²) in [6.07, 6.45) is 2.07. The average Bonchev–Trinajstić information content (AvgIpc) is 3.04. The molecular weight excluding hydrogens is 250 g/mol. The van der Waals surface area contributed by atoms with Crippen molar-refractivity contribution < 1.29 is 9.21 Å². The van der Waals surface area contributed by atoms with E-state index in [1.807, 2.05) is 24.3 Å². The molecular formula is C17H13NO2. The second-order valence-corrected chi connectivity index (χ2v) is 5.34. The molecule has 0 fully saturated rings. The number of nitrogens with zero attached hydrogens (tertiary/aromatic N) is 1. The van der Waals surface area contributed by atoms with Gasteiger partial charge in [-0.25, -0.2) is 4.98 Å². The number of oxazole rings is 1. The molecule has 0 N–H and O–H groups in total. The quantitative estimate of drug-likeness (QED) is 0.661. The fourth-order valence-corrected chi connectivity index (χ4v) is 3.01. The number of benzene rings is 2. The second kappa shape index (κ2) is 4.04. The van der Waals surface area contributed by atoms with Crippen LogP contribution in [0.1, 0.15) is 35.2 Å². The molecule has 1 unspecified atom stereocenters. The monoisotopic (exact) mass is 263 g/mol. The van der Waals surface area contributed by atoms with Gasteiger partial charge in [0.2, 0.25) is 0 Å². The number of ketones is 1. The van der Waals surface area contributed by atoms with Crippen LogP contribution in [-0.4, -0.2) is 10.8 Å². The maximum absolute atomic E-state index is 12.0. The van der Waals surface area contributed by atoms with Crippen LogP contribution in [0.4, 0.5) is 0 Å². The van der Waals surface area contributed by atoms with Gasteiger partial charge in [0.05, 0.1) is 0 Å². The van der Waals surface area contributed by atoms with Crippen LogP contribution >= 0.6 is 0 Å². The fourth-order valence-electron chi connectivity index (χ4n) is 3.01. The minimum Gasteiger partial charge on any atom is -0.443 e. The maximum Gasteiger partial charge on any atom is 0.182 e. The zero-order chi connectivity index (χ0) is 13.7. The number of Topliss-reactive ketones (excluding diaryl/α,β-unsaturated/α-hetero) is 1. The number of aromatic nitrogens is 1. The molecule has 0 spiro atoms. The molecule has 3 nitrogen and oxygen atoms in total. The smallest absolute Gasteiger partial charge is 0.182 e. The lowest BCUT2D eigenvalue weighted by molar-refractivity contribution is 0.0990. The summed E-state index contributed by atoms with van der Waals surface area (Å²) in [6, 6.07) is 12.0. The zero-order valence-corrected chi connectivity index (χ0v) is 11.1. The number of carbonyl (C=O) groups is 1. The number of hydrogen-bond acceptors (Lipinski definition) is 3. The van der Waals surface area contributed by atoms with Crippen molar-refractivity contribution >= 4 is 16.9 Å². The van der Waals surface area contributed by atoms with Gasteiger partial charge in [-0.2, -0.15) is 0 Å². The molecule has 4 rings (SSSR count). The molecule has 20 heavy (non-hydrogen) atoms. The Labute approximate surface area is 116 Å². The first-order valence-corrected chi connectivity index (χ1v) is 6.74. The zero-order valence-electron chi connectivity index (χ0n) is 11.1. The maximum atomic E-state index is 12.0. The summed E-state index contributed by atoms with van der Waals surface area (Å²) in [6.45, 7) is 2.10. The minimum atomic E-state index is 0.238. The third kappa shape index (κ3) is 1.53. The number of rotatable bonds is 1. The van der Waals surface area contributed by atoms with Crippen molar-refractivity contribution in [3.8, 4) is 11.1 Å². The summed E-state index contributed by atoms with van der Waals surface area (Å²) >= 11 is 0. The van der Waals surface area contributed by atoms with E-state index in [-0.39, 0.29) is 5.78 Å². The first-order valence-electron chi connectivity index (χ1n) is 6.74. The molecule has 1 aliphatic rings. The van der Waals surface area contributed by atoms with E-state index in [0.29, 0.717) is 12.3 Å². The van der Waals surface area contributed by atoms with Gasteiger partial charge in [-0.15, -0.1) is 0 Å². The Kier molecular flexibility index (Phi) is 2.30. The molecule has 0 aliphatic heterocycles. The Balaban J connectivity index is 1.94. The Hall–Kier alpha value is -2.42. The van der Waals surface area contributed by atoms with Gasteiger partial charge in [-0.05, 0) is 29.2 Å². The summed E-state index contributed by atoms with van der Waals surface area (Å²) < 4.78 is 5.33. The van der Waals surface area contributed by atoms with E-state index >= 15 is 0 Å². The topological polar surface area (TPSA) is 43.1 Å². The minimum absolute atomic E-state index is 0.238. The van der Waals surface area contributed by atoms with E-state index in [9.17, 15) is 4.79 Å². The van der Waals surface area contributed by atoms with Gasteiger partial charge in [-0.3, -0.25) is 4.79 Å². The average molecular weight is 263 g/mol. The van der Waals surface area contributed by atoms with E-state index in [4.69, 9.17) is 4.42 Å². The van der Waals surface area contributed by atoms with Crippen molar-refractivity contribution in [1.29, 1.82) is 0 Å². The Bertz CT molecular complexity index is 832. The van der Waals surface area contributed by atoms with Crippen molar-refractivity contribution in [2.45, 2.75) is 19.3 Å². The molecule has 1 heterocycles. The molecule has 0 bridgehead atoms. The molecule has 3 heteroatoms. The number of para-hydroxylation sites is 1. The molecule has 0 amide bonds. The van der Waals surface area contributed by atoms with Crippen LogP contribution in [0, 0.1) is 0 Å². The van der Waals surface area contributed by atoms with Gasteiger partial charge in [0.1, 0.15) is 5.52 Å². The lowest BCUT2D eigenvalue weighted by Gasteiger charge is -2.07. The lowest BCUT2D eigenvalue weighted by Crippen LogP contribution is -1.92. The largest absolute Gasteiger partial charge is 0.443 e. The highest BCUT2D eigenvalue weighted by molar-refractivity contribution is 6.03. The molecule has 2 aromatic carbocycles. The SMILES string of the molecule is CC1CC(=O)c2cc(-c3cccc4ocnc34)ccc21. The number of carbonyl (C=O) groups excluding carboxylic acids is 1. The highest BCUT2D eigenvalue weighted by Gasteiger charge is 2.26.